The van der Waals surface area contributed by atoms with E-state index in [1.807, 2.05) is 0 Å². The normalized spacial score (nSPS) is 16.8. The number of anilines is 1. The van der Waals surface area contributed by atoms with Crippen LogP contribution in [0.25, 0.3) is 22.2 Å². The van der Waals surface area contributed by atoms with Gasteiger partial charge in [-0.05, 0) is 30.3 Å². The number of halogens is 4. The number of rotatable bonds is 2. The van der Waals surface area contributed by atoms with E-state index in [-0.39, 0.29) is 17.2 Å². The van der Waals surface area contributed by atoms with Crippen molar-refractivity contribution in [1.29, 1.82) is 0 Å². The van der Waals surface area contributed by atoms with Crippen molar-refractivity contribution in [2.75, 3.05) is 24.6 Å². The molecule has 1 aliphatic heterocycles. The molecule has 0 aliphatic carbocycles. The molecule has 0 atom stereocenters. The van der Waals surface area contributed by atoms with Gasteiger partial charge in [-0.2, -0.15) is 8.78 Å². The Bertz CT molecular complexity index is 983. The molecule has 2 aromatic carbocycles. The van der Waals surface area contributed by atoms with E-state index in [1.165, 1.54) is 17.3 Å². The number of hydrogen-bond donors (Lipinski definition) is 0. The molecule has 133 valence electrons. The lowest BCUT2D eigenvalue weighted by Crippen LogP contribution is -2.46. The standard InChI is InChI=1S/C18H12ClF3N3O/c19-11-1-3-13(15(20)7-11)17-14-4-2-12(8-16(14)23-10-24-17)25-5-6-26-18(21,22)9-25/h2-4,7-8,10H,5-6,9H2. The van der Waals surface area contributed by atoms with Gasteiger partial charge in [-0.25, -0.2) is 14.4 Å². The highest BCUT2D eigenvalue weighted by Crippen LogP contribution is 2.32. The Morgan fingerprint density at radius 2 is 2.08 bits per heavy atom. The van der Waals surface area contributed by atoms with Gasteiger partial charge in [0.1, 0.15) is 18.7 Å². The molecule has 0 amide bonds. The zero-order valence-corrected chi connectivity index (χ0v) is 14.1. The zero-order chi connectivity index (χ0) is 18.3. The van der Waals surface area contributed by atoms with Gasteiger partial charge in [-0.3, -0.25) is 0 Å². The summed E-state index contributed by atoms with van der Waals surface area (Å²) in [6, 6.07) is 10.4. The first-order chi connectivity index (χ1) is 12.4. The van der Waals surface area contributed by atoms with E-state index < -0.39 is 18.5 Å². The summed E-state index contributed by atoms with van der Waals surface area (Å²) in [4.78, 5) is 9.89. The molecule has 0 saturated carbocycles. The Morgan fingerprint density at radius 1 is 1.23 bits per heavy atom. The van der Waals surface area contributed by atoms with E-state index in [1.54, 1.807) is 18.2 Å². The van der Waals surface area contributed by atoms with Crippen LogP contribution in [0.5, 0.6) is 0 Å². The maximum atomic E-state index is 14.2. The van der Waals surface area contributed by atoms with Crippen molar-refractivity contribution in [3.63, 3.8) is 0 Å². The number of fused-ring (bicyclic) bond motifs is 1. The Balaban J connectivity index is 1.77. The van der Waals surface area contributed by atoms with Crippen molar-refractivity contribution in [3.8, 4) is 11.3 Å². The third kappa shape index (κ3) is 3.20. The largest absolute Gasteiger partial charge is 0.373 e. The average molecular weight is 379 g/mol. The quantitative estimate of drug-likeness (QED) is 0.665. The molecule has 0 N–H and O–H groups in total. The summed E-state index contributed by atoms with van der Waals surface area (Å²) in [6.07, 6.45) is -1.88. The molecule has 0 bridgehead atoms. The van der Waals surface area contributed by atoms with Crippen LogP contribution in [0.2, 0.25) is 5.02 Å². The molecule has 1 saturated heterocycles. The van der Waals surface area contributed by atoms with Crippen molar-refractivity contribution in [2.24, 2.45) is 0 Å². The third-order valence-corrected chi connectivity index (χ3v) is 4.37. The molecular weight excluding hydrogens is 367 g/mol. The summed E-state index contributed by atoms with van der Waals surface area (Å²) < 4.78 is 45.6. The van der Waals surface area contributed by atoms with Crippen LogP contribution in [-0.4, -0.2) is 35.8 Å². The number of benzene rings is 2. The van der Waals surface area contributed by atoms with Gasteiger partial charge in [0.15, 0.2) is 0 Å². The van der Waals surface area contributed by atoms with E-state index in [0.29, 0.717) is 28.8 Å². The van der Waals surface area contributed by atoms with Gasteiger partial charge in [-0.15, -0.1) is 0 Å². The minimum absolute atomic E-state index is 0.0636. The smallest absolute Gasteiger partial charge is 0.360 e. The van der Waals surface area contributed by atoms with E-state index >= 15 is 0 Å². The van der Waals surface area contributed by atoms with Crippen LogP contribution in [0.1, 0.15) is 0 Å². The van der Waals surface area contributed by atoms with Crippen molar-refractivity contribution >= 4 is 28.2 Å². The van der Waals surface area contributed by atoms with Gasteiger partial charge in [0.2, 0.25) is 0 Å². The second kappa shape index (κ2) is 6.41. The highest BCUT2D eigenvalue weighted by molar-refractivity contribution is 6.30. The summed E-state index contributed by atoms with van der Waals surface area (Å²) in [7, 11) is 0. The molecule has 1 aromatic heterocycles. The van der Waals surface area contributed by atoms with Crippen LogP contribution in [-0.2, 0) is 4.74 Å². The molecule has 8 heteroatoms. The maximum absolute atomic E-state index is 14.2. The van der Waals surface area contributed by atoms with Crippen LogP contribution < -0.4 is 4.90 Å². The van der Waals surface area contributed by atoms with E-state index in [0.717, 1.165) is 6.07 Å². The SMILES string of the molecule is Fc1cc(Cl)[c]cc1-c1ncnc2cc(N3CCOC(F)(F)C3)ccc12. The second-order valence-electron chi connectivity index (χ2n) is 5.87. The summed E-state index contributed by atoms with van der Waals surface area (Å²) in [6.45, 7) is -0.247. The van der Waals surface area contributed by atoms with Crippen LogP contribution in [0, 0.1) is 11.9 Å². The number of ether oxygens (including phenoxy) is 1. The average Bonchev–Trinajstić information content (AvgIpc) is 2.60. The number of nitrogens with zero attached hydrogens (tertiary/aromatic N) is 3. The van der Waals surface area contributed by atoms with Crippen molar-refractivity contribution in [3.05, 3.63) is 53.6 Å². The molecule has 4 nitrogen and oxygen atoms in total. The van der Waals surface area contributed by atoms with Crippen molar-refractivity contribution in [2.45, 2.75) is 6.11 Å². The van der Waals surface area contributed by atoms with E-state index in [2.05, 4.69) is 20.8 Å². The van der Waals surface area contributed by atoms with Crippen LogP contribution in [0.3, 0.4) is 0 Å². The molecule has 26 heavy (non-hydrogen) atoms. The first-order valence-corrected chi connectivity index (χ1v) is 8.19. The van der Waals surface area contributed by atoms with E-state index in [9.17, 15) is 13.2 Å². The number of aromatic nitrogens is 2. The highest BCUT2D eigenvalue weighted by Gasteiger charge is 2.36. The summed E-state index contributed by atoms with van der Waals surface area (Å²) >= 11 is 5.75. The summed E-state index contributed by atoms with van der Waals surface area (Å²) in [5, 5.41) is 0.769. The molecule has 1 radical (unpaired) electrons. The number of hydrogen-bond acceptors (Lipinski definition) is 4. The minimum Gasteiger partial charge on any atom is -0.360 e. The Labute approximate surface area is 152 Å². The fraction of sp³-hybridized carbons (Fsp3) is 0.222. The van der Waals surface area contributed by atoms with Gasteiger partial charge in [0.25, 0.3) is 0 Å². The number of alkyl halides is 2. The summed E-state index contributed by atoms with van der Waals surface area (Å²) in [5.41, 5.74) is 1.75. The molecule has 2 heterocycles. The summed E-state index contributed by atoms with van der Waals surface area (Å²) in [5.74, 6) is -0.523. The molecule has 3 aromatic rings. The zero-order valence-electron chi connectivity index (χ0n) is 13.3. The van der Waals surface area contributed by atoms with Gasteiger partial charge >= 0.3 is 6.11 Å². The lowest BCUT2D eigenvalue weighted by atomic mass is 10.1. The molecule has 1 aliphatic rings. The molecular formula is C18H12ClF3N3O. The second-order valence-corrected chi connectivity index (χ2v) is 6.28. The topological polar surface area (TPSA) is 38.2 Å². The van der Waals surface area contributed by atoms with Crippen LogP contribution >= 0.6 is 11.6 Å². The maximum Gasteiger partial charge on any atom is 0.373 e. The lowest BCUT2D eigenvalue weighted by Gasteiger charge is -2.33. The van der Waals surface area contributed by atoms with Gasteiger partial charge in [-0.1, -0.05) is 11.6 Å². The van der Waals surface area contributed by atoms with Crippen LogP contribution in [0.15, 0.2) is 36.7 Å². The van der Waals surface area contributed by atoms with Gasteiger partial charge in [0, 0.05) is 29.2 Å². The monoisotopic (exact) mass is 378 g/mol. The fourth-order valence-electron chi connectivity index (χ4n) is 2.95. The molecule has 4 rings (SSSR count). The first kappa shape index (κ1) is 17.1. The highest BCUT2D eigenvalue weighted by atomic mass is 35.5. The first-order valence-electron chi connectivity index (χ1n) is 7.81. The Morgan fingerprint density at radius 3 is 2.85 bits per heavy atom. The minimum atomic E-state index is -3.19. The van der Waals surface area contributed by atoms with Gasteiger partial charge in [0.05, 0.1) is 22.8 Å². The van der Waals surface area contributed by atoms with Gasteiger partial charge < -0.3 is 9.64 Å². The Kier molecular flexibility index (Phi) is 4.20. The van der Waals surface area contributed by atoms with Crippen LogP contribution in [0.4, 0.5) is 18.9 Å². The van der Waals surface area contributed by atoms with Crippen molar-refractivity contribution in [1.82, 2.24) is 9.97 Å². The van der Waals surface area contributed by atoms with Crippen molar-refractivity contribution < 1.29 is 17.9 Å². The predicted octanol–water partition coefficient (Wildman–Crippen LogP) is 4.32. The lowest BCUT2D eigenvalue weighted by molar-refractivity contribution is -0.240. The molecule has 0 spiro atoms. The molecule has 1 fully saturated rings. The third-order valence-electron chi connectivity index (χ3n) is 4.15. The predicted molar refractivity (Wildman–Crippen MR) is 91.9 cm³/mol. The number of morpholine rings is 1. The fourth-order valence-corrected chi connectivity index (χ4v) is 3.10. The Hall–Kier alpha value is -2.38. The van der Waals surface area contributed by atoms with E-state index in [4.69, 9.17) is 11.6 Å². The molecule has 0 unspecified atom stereocenters.